The molecule has 2 N–H and O–H groups in total. The number of halogens is 1. The Balaban J connectivity index is 2.00. The van der Waals surface area contributed by atoms with Crippen LogP contribution in [0.1, 0.15) is 0 Å². The summed E-state index contributed by atoms with van der Waals surface area (Å²) in [5.41, 5.74) is 9.63. The van der Waals surface area contributed by atoms with Crippen LogP contribution in [0.5, 0.6) is 0 Å². The summed E-state index contributed by atoms with van der Waals surface area (Å²) in [6.45, 7) is 0. The molecule has 0 atom stereocenters. The van der Waals surface area contributed by atoms with Gasteiger partial charge in [0.2, 0.25) is 0 Å². The van der Waals surface area contributed by atoms with E-state index >= 15 is 0 Å². The first-order valence-corrected chi connectivity index (χ1v) is 6.69. The molecule has 3 nitrogen and oxygen atoms in total. The second-order valence-electron chi connectivity index (χ2n) is 4.24. The summed E-state index contributed by atoms with van der Waals surface area (Å²) >= 11 is 3.55. The molecule has 1 heterocycles. The average molecular weight is 314 g/mol. The highest BCUT2D eigenvalue weighted by Gasteiger charge is 2.06. The second kappa shape index (κ2) is 4.90. The van der Waals surface area contributed by atoms with Crippen LogP contribution in [0.3, 0.4) is 0 Å². The first-order chi connectivity index (χ1) is 9.24. The summed E-state index contributed by atoms with van der Waals surface area (Å²) in [4.78, 5) is 0. The standard InChI is InChI=1S/C15H12BrN3/c16-15-4-2-1-3-14(15)11-9-18-19(10-11)13-7-5-12(17)6-8-13/h1-10H,17H2. The Bertz CT molecular complexity index is 701. The third-order valence-corrected chi connectivity index (χ3v) is 3.62. The van der Waals surface area contributed by atoms with Crippen molar-refractivity contribution in [3.05, 3.63) is 65.4 Å². The largest absolute Gasteiger partial charge is 0.399 e. The summed E-state index contributed by atoms with van der Waals surface area (Å²) in [7, 11) is 0. The number of nitrogen functional groups attached to an aromatic ring is 1. The van der Waals surface area contributed by atoms with E-state index < -0.39 is 0 Å². The Hall–Kier alpha value is -2.07. The molecule has 1 aromatic heterocycles. The molecule has 2 aromatic carbocycles. The van der Waals surface area contributed by atoms with Crippen molar-refractivity contribution in [1.82, 2.24) is 9.78 Å². The molecule has 0 bridgehead atoms. The number of nitrogens with two attached hydrogens (primary N) is 1. The average Bonchev–Trinajstić information content (AvgIpc) is 2.89. The third-order valence-electron chi connectivity index (χ3n) is 2.93. The van der Waals surface area contributed by atoms with Gasteiger partial charge < -0.3 is 5.73 Å². The third kappa shape index (κ3) is 2.39. The van der Waals surface area contributed by atoms with Gasteiger partial charge >= 0.3 is 0 Å². The van der Waals surface area contributed by atoms with Crippen molar-refractivity contribution in [2.45, 2.75) is 0 Å². The first-order valence-electron chi connectivity index (χ1n) is 5.89. The smallest absolute Gasteiger partial charge is 0.0647 e. The van der Waals surface area contributed by atoms with Crippen LogP contribution in [0.4, 0.5) is 5.69 Å². The van der Waals surface area contributed by atoms with E-state index in [1.807, 2.05) is 59.5 Å². The van der Waals surface area contributed by atoms with Gasteiger partial charge in [-0.2, -0.15) is 5.10 Å². The van der Waals surface area contributed by atoms with Crippen LogP contribution in [-0.2, 0) is 0 Å². The molecule has 0 aliphatic heterocycles. The topological polar surface area (TPSA) is 43.8 Å². The van der Waals surface area contributed by atoms with Crippen molar-refractivity contribution in [3.63, 3.8) is 0 Å². The number of anilines is 1. The molecule has 0 radical (unpaired) electrons. The SMILES string of the molecule is Nc1ccc(-n2cc(-c3ccccc3Br)cn2)cc1. The van der Waals surface area contributed by atoms with Gasteiger partial charge in [0.15, 0.2) is 0 Å². The lowest BCUT2D eigenvalue weighted by atomic mass is 10.1. The van der Waals surface area contributed by atoms with Gasteiger partial charge in [-0.1, -0.05) is 34.1 Å². The summed E-state index contributed by atoms with van der Waals surface area (Å²) in [6.07, 6.45) is 3.86. The number of hydrogen-bond donors (Lipinski definition) is 1. The van der Waals surface area contributed by atoms with Crippen LogP contribution >= 0.6 is 15.9 Å². The summed E-state index contributed by atoms with van der Waals surface area (Å²) in [5, 5.41) is 4.39. The normalized spacial score (nSPS) is 10.6. The van der Waals surface area contributed by atoms with Gasteiger partial charge in [-0.15, -0.1) is 0 Å². The van der Waals surface area contributed by atoms with Crippen LogP contribution in [0.15, 0.2) is 65.4 Å². The van der Waals surface area contributed by atoms with Gasteiger partial charge in [0.1, 0.15) is 0 Å². The van der Waals surface area contributed by atoms with Crippen LogP contribution in [0.25, 0.3) is 16.8 Å². The van der Waals surface area contributed by atoms with E-state index in [1.54, 1.807) is 0 Å². The Morgan fingerprint density at radius 2 is 1.74 bits per heavy atom. The van der Waals surface area contributed by atoms with Crippen molar-refractivity contribution in [2.75, 3.05) is 5.73 Å². The molecule has 0 unspecified atom stereocenters. The Labute approximate surface area is 119 Å². The zero-order chi connectivity index (χ0) is 13.2. The van der Waals surface area contributed by atoms with Crippen LogP contribution < -0.4 is 5.73 Å². The van der Waals surface area contributed by atoms with Gasteiger partial charge in [0, 0.05) is 21.9 Å². The molecule has 0 spiro atoms. The van der Waals surface area contributed by atoms with Crippen molar-refractivity contribution in [3.8, 4) is 16.8 Å². The van der Waals surface area contributed by atoms with Gasteiger partial charge in [-0.05, 0) is 35.9 Å². The van der Waals surface area contributed by atoms with E-state index in [1.165, 1.54) is 0 Å². The van der Waals surface area contributed by atoms with E-state index in [0.717, 1.165) is 27.0 Å². The fourth-order valence-electron chi connectivity index (χ4n) is 1.93. The van der Waals surface area contributed by atoms with E-state index in [4.69, 9.17) is 5.73 Å². The monoisotopic (exact) mass is 313 g/mol. The molecule has 94 valence electrons. The minimum absolute atomic E-state index is 0.752. The van der Waals surface area contributed by atoms with Gasteiger partial charge in [-0.25, -0.2) is 4.68 Å². The minimum Gasteiger partial charge on any atom is -0.399 e. The van der Waals surface area contributed by atoms with Crippen molar-refractivity contribution in [1.29, 1.82) is 0 Å². The van der Waals surface area contributed by atoms with Crippen molar-refractivity contribution in [2.24, 2.45) is 0 Å². The summed E-state index contributed by atoms with van der Waals surface area (Å²) in [6, 6.07) is 15.7. The zero-order valence-electron chi connectivity index (χ0n) is 10.1. The molecule has 3 aromatic rings. The quantitative estimate of drug-likeness (QED) is 0.729. The molecular formula is C15H12BrN3. The highest BCUT2D eigenvalue weighted by Crippen LogP contribution is 2.28. The first kappa shape index (κ1) is 12.0. The Morgan fingerprint density at radius 1 is 1.00 bits per heavy atom. The summed E-state index contributed by atoms with van der Waals surface area (Å²) < 4.78 is 2.90. The predicted molar refractivity (Wildman–Crippen MR) is 81.1 cm³/mol. The van der Waals surface area contributed by atoms with Crippen molar-refractivity contribution >= 4 is 21.6 Å². The summed E-state index contributed by atoms with van der Waals surface area (Å²) in [5.74, 6) is 0. The highest BCUT2D eigenvalue weighted by molar-refractivity contribution is 9.10. The molecule has 0 aliphatic carbocycles. The highest BCUT2D eigenvalue weighted by atomic mass is 79.9. The lowest BCUT2D eigenvalue weighted by Crippen LogP contribution is -1.94. The lowest BCUT2D eigenvalue weighted by Gasteiger charge is -2.02. The number of benzene rings is 2. The minimum atomic E-state index is 0.752. The molecule has 0 saturated carbocycles. The zero-order valence-corrected chi connectivity index (χ0v) is 11.7. The van der Waals surface area contributed by atoms with Crippen LogP contribution in [0.2, 0.25) is 0 Å². The van der Waals surface area contributed by atoms with Crippen molar-refractivity contribution < 1.29 is 0 Å². The van der Waals surface area contributed by atoms with Crippen LogP contribution in [-0.4, -0.2) is 9.78 Å². The molecule has 0 fully saturated rings. The maximum Gasteiger partial charge on any atom is 0.0647 e. The van der Waals surface area contributed by atoms with Gasteiger partial charge in [-0.3, -0.25) is 0 Å². The van der Waals surface area contributed by atoms with E-state index in [0.29, 0.717) is 0 Å². The Kier molecular flexibility index (Phi) is 3.09. The maximum absolute atomic E-state index is 5.69. The predicted octanol–water partition coefficient (Wildman–Crippen LogP) is 3.88. The fraction of sp³-hybridized carbons (Fsp3) is 0. The number of aromatic nitrogens is 2. The molecule has 0 aliphatic rings. The molecule has 3 rings (SSSR count). The second-order valence-corrected chi connectivity index (χ2v) is 5.10. The Morgan fingerprint density at radius 3 is 2.47 bits per heavy atom. The van der Waals surface area contributed by atoms with E-state index in [9.17, 15) is 0 Å². The van der Waals surface area contributed by atoms with E-state index in [2.05, 4.69) is 27.1 Å². The number of hydrogen-bond acceptors (Lipinski definition) is 2. The van der Waals surface area contributed by atoms with E-state index in [-0.39, 0.29) is 0 Å². The maximum atomic E-state index is 5.69. The van der Waals surface area contributed by atoms with Gasteiger partial charge in [0.25, 0.3) is 0 Å². The number of nitrogens with zero attached hydrogens (tertiary/aromatic N) is 2. The fourth-order valence-corrected chi connectivity index (χ4v) is 2.44. The molecular weight excluding hydrogens is 302 g/mol. The molecule has 0 amide bonds. The number of rotatable bonds is 2. The molecule has 4 heteroatoms. The lowest BCUT2D eigenvalue weighted by molar-refractivity contribution is 0.881. The molecule has 19 heavy (non-hydrogen) atoms. The van der Waals surface area contributed by atoms with Gasteiger partial charge in [0.05, 0.1) is 11.9 Å². The molecule has 0 saturated heterocycles. The van der Waals surface area contributed by atoms with Crippen LogP contribution in [0, 0.1) is 0 Å².